The van der Waals surface area contributed by atoms with Crippen molar-refractivity contribution in [2.75, 3.05) is 19.7 Å². The van der Waals surface area contributed by atoms with E-state index in [2.05, 4.69) is 5.32 Å². The van der Waals surface area contributed by atoms with Crippen molar-refractivity contribution >= 4 is 10.0 Å². The number of piperidine rings is 1. The van der Waals surface area contributed by atoms with E-state index in [-0.39, 0.29) is 12.6 Å². The second kappa shape index (κ2) is 7.55. The van der Waals surface area contributed by atoms with E-state index in [0.717, 1.165) is 24.8 Å². The zero-order chi connectivity index (χ0) is 16.2. The standard InChI is InChI=1S/C16H26N2O3S/c1-13-3-5-16(6-4-13)22(20,21)18-10-7-15(8-11-18)17-14(2)9-12-19/h3-6,14-15,17,19H,7-12H2,1-2H3/t14-/m1/s1. The van der Waals surface area contributed by atoms with E-state index in [0.29, 0.717) is 24.0 Å². The summed E-state index contributed by atoms with van der Waals surface area (Å²) in [4.78, 5) is 0.373. The number of rotatable bonds is 6. The molecule has 1 aliphatic rings. The minimum atomic E-state index is -3.38. The molecule has 1 atom stereocenters. The number of sulfonamides is 1. The highest BCUT2D eigenvalue weighted by atomic mass is 32.2. The van der Waals surface area contributed by atoms with Crippen LogP contribution in [0.2, 0.25) is 0 Å². The lowest BCUT2D eigenvalue weighted by molar-refractivity contribution is 0.240. The first-order valence-electron chi connectivity index (χ1n) is 7.87. The summed E-state index contributed by atoms with van der Waals surface area (Å²) in [5.41, 5.74) is 1.06. The molecule has 1 heterocycles. The van der Waals surface area contributed by atoms with E-state index in [1.54, 1.807) is 16.4 Å². The number of benzene rings is 1. The van der Waals surface area contributed by atoms with Crippen molar-refractivity contribution in [2.45, 2.75) is 50.1 Å². The van der Waals surface area contributed by atoms with Gasteiger partial charge in [0, 0.05) is 31.8 Å². The van der Waals surface area contributed by atoms with E-state index >= 15 is 0 Å². The van der Waals surface area contributed by atoms with Gasteiger partial charge in [-0.25, -0.2) is 8.42 Å². The van der Waals surface area contributed by atoms with Crippen molar-refractivity contribution in [1.82, 2.24) is 9.62 Å². The monoisotopic (exact) mass is 326 g/mol. The first kappa shape index (κ1) is 17.4. The molecule has 0 aromatic heterocycles. The van der Waals surface area contributed by atoms with Crippen molar-refractivity contribution in [3.05, 3.63) is 29.8 Å². The first-order chi connectivity index (χ1) is 10.4. The minimum absolute atomic E-state index is 0.175. The summed E-state index contributed by atoms with van der Waals surface area (Å²) in [6.45, 7) is 5.25. The maximum Gasteiger partial charge on any atom is 0.243 e. The maximum absolute atomic E-state index is 12.6. The zero-order valence-corrected chi connectivity index (χ0v) is 14.1. The predicted molar refractivity (Wildman–Crippen MR) is 87.3 cm³/mol. The third kappa shape index (κ3) is 4.29. The molecule has 1 aromatic rings. The average Bonchev–Trinajstić information content (AvgIpc) is 2.48. The summed E-state index contributed by atoms with van der Waals surface area (Å²) in [5.74, 6) is 0. The van der Waals surface area contributed by atoms with Gasteiger partial charge < -0.3 is 10.4 Å². The normalized spacial score (nSPS) is 19.2. The smallest absolute Gasteiger partial charge is 0.243 e. The third-order valence-electron chi connectivity index (χ3n) is 4.20. The van der Waals surface area contributed by atoms with Crippen molar-refractivity contribution in [3.63, 3.8) is 0 Å². The van der Waals surface area contributed by atoms with Crippen molar-refractivity contribution in [3.8, 4) is 0 Å². The molecule has 1 aliphatic heterocycles. The van der Waals surface area contributed by atoms with Crippen molar-refractivity contribution < 1.29 is 13.5 Å². The molecule has 1 fully saturated rings. The van der Waals surface area contributed by atoms with Crippen LogP contribution in [0.3, 0.4) is 0 Å². The van der Waals surface area contributed by atoms with Gasteiger partial charge in [-0.15, -0.1) is 0 Å². The van der Waals surface area contributed by atoms with E-state index in [1.807, 2.05) is 26.0 Å². The van der Waals surface area contributed by atoms with Crippen LogP contribution in [0, 0.1) is 6.92 Å². The van der Waals surface area contributed by atoms with E-state index in [9.17, 15) is 8.42 Å². The fourth-order valence-electron chi connectivity index (χ4n) is 2.80. The van der Waals surface area contributed by atoms with Gasteiger partial charge in [0.1, 0.15) is 0 Å². The van der Waals surface area contributed by atoms with Crippen LogP contribution in [0.1, 0.15) is 31.7 Å². The lowest BCUT2D eigenvalue weighted by atomic mass is 10.1. The minimum Gasteiger partial charge on any atom is -0.396 e. The van der Waals surface area contributed by atoms with Gasteiger partial charge in [-0.1, -0.05) is 17.7 Å². The van der Waals surface area contributed by atoms with Crippen LogP contribution in [0.15, 0.2) is 29.2 Å². The molecule has 0 bridgehead atoms. The summed E-state index contributed by atoms with van der Waals surface area (Å²) in [5, 5.41) is 12.4. The van der Waals surface area contributed by atoms with Gasteiger partial charge in [0.05, 0.1) is 4.90 Å². The Kier molecular flexibility index (Phi) is 5.97. The maximum atomic E-state index is 12.6. The molecule has 0 saturated carbocycles. The van der Waals surface area contributed by atoms with E-state index in [1.165, 1.54) is 0 Å². The summed E-state index contributed by atoms with van der Waals surface area (Å²) < 4.78 is 26.8. The number of hydrogen-bond acceptors (Lipinski definition) is 4. The summed E-state index contributed by atoms with van der Waals surface area (Å²) >= 11 is 0. The molecule has 5 nitrogen and oxygen atoms in total. The van der Waals surface area contributed by atoms with E-state index in [4.69, 9.17) is 5.11 Å². The van der Waals surface area contributed by atoms with Crippen molar-refractivity contribution in [1.29, 1.82) is 0 Å². The molecule has 0 amide bonds. The molecule has 0 radical (unpaired) electrons. The first-order valence-corrected chi connectivity index (χ1v) is 9.31. The van der Waals surface area contributed by atoms with Crippen LogP contribution in [-0.4, -0.2) is 49.6 Å². The van der Waals surface area contributed by atoms with Gasteiger partial charge in [-0.2, -0.15) is 4.31 Å². The van der Waals surface area contributed by atoms with Gasteiger partial charge in [0.15, 0.2) is 0 Å². The summed E-state index contributed by atoms with van der Waals surface area (Å²) in [7, 11) is -3.38. The van der Waals surface area contributed by atoms with Gasteiger partial charge in [-0.05, 0) is 45.2 Å². The van der Waals surface area contributed by atoms with Crippen LogP contribution in [0.5, 0.6) is 0 Å². The second-order valence-electron chi connectivity index (χ2n) is 6.07. The number of aliphatic hydroxyl groups excluding tert-OH is 1. The molecule has 2 N–H and O–H groups in total. The zero-order valence-electron chi connectivity index (χ0n) is 13.3. The molecule has 0 unspecified atom stereocenters. The molecule has 6 heteroatoms. The topological polar surface area (TPSA) is 69.6 Å². The molecular weight excluding hydrogens is 300 g/mol. The van der Waals surface area contributed by atoms with Gasteiger partial charge in [-0.3, -0.25) is 0 Å². The lowest BCUT2D eigenvalue weighted by Gasteiger charge is -2.33. The summed E-state index contributed by atoms with van der Waals surface area (Å²) in [6, 6.07) is 7.60. The third-order valence-corrected chi connectivity index (χ3v) is 6.11. The fraction of sp³-hybridized carbons (Fsp3) is 0.625. The number of nitrogens with one attached hydrogen (secondary N) is 1. The molecule has 1 saturated heterocycles. The average molecular weight is 326 g/mol. The molecule has 1 aromatic carbocycles. The van der Waals surface area contributed by atoms with E-state index < -0.39 is 10.0 Å². The highest BCUT2D eigenvalue weighted by Crippen LogP contribution is 2.21. The number of nitrogens with zero attached hydrogens (tertiary/aromatic N) is 1. The lowest BCUT2D eigenvalue weighted by Crippen LogP contribution is -2.47. The fourth-order valence-corrected chi connectivity index (χ4v) is 4.27. The van der Waals surface area contributed by atoms with Crippen LogP contribution in [0.4, 0.5) is 0 Å². The Morgan fingerprint density at radius 1 is 1.27 bits per heavy atom. The molecule has 0 aliphatic carbocycles. The highest BCUT2D eigenvalue weighted by Gasteiger charge is 2.29. The van der Waals surface area contributed by atoms with Gasteiger partial charge >= 0.3 is 0 Å². The number of aryl methyl sites for hydroxylation is 1. The van der Waals surface area contributed by atoms with Crippen molar-refractivity contribution in [2.24, 2.45) is 0 Å². The Hall–Kier alpha value is -0.950. The van der Waals surface area contributed by atoms with Crippen LogP contribution < -0.4 is 5.32 Å². The Labute approximate surface area is 133 Å². The van der Waals surface area contributed by atoms with Crippen LogP contribution in [0.25, 0.3) is 0 Å². The Morgan fingerprint density at radius 3 is 2.41 bits per heavy atom. The Balaban J connectivity index is 1.94. The second-order valence-corrected chi connectivity index (χ2v) is 8.01. The molecule has 2 rings (SSSR count). The largest absolute Gasteiger partial charge is 0.396 e. The summed E-state index contributed by atoms with van der Waals surface area (Å²) in [6.07, 6.45) is 2.34. The predicted octanol–water partition coefficient (Wildman–Crippen LogP) is 1.51. The molecule has 0 spiro atoms. The Morgan fingerprint density at radius 2 is 1.86 bits per heavy atom. The SMILES string of the molecule is Cc1ccc(S(=O)(=O)N2CCC(N[C@H](C)CCO)CC2)cc1. The quantitative estimate of drug-likeness (QED) is 0.831. The van der Waals surface area contributed by atoms with Gasteiger partial charge in [0.25, 0.3) is 0 Å². The van der Waals surface area contributed by atoms with Crippen LogP contribution >= 0.6 is 0 Å². The number of hydrogen-bond donors (Lipinski definition) is 2. The molecular formula is C16H26N2O3S. The Bertz CT molecular complexity index is 564. The highest BCUT2D eigenvalue weighted by molar-refractivity contribution is 7.89. The van der Waals surface area contributed by atoms with Crippen LogP contribution in [-0.2, 0) is 10.0 Å². The number of aliphatic hydroxyl groups is 1. The molecule has 22 heavy (non-hydrogen) atoms. The molecule has 124 valence electrons. The van der Waals surface area contributed by atoms with Gasteiger partial charge in [0.2, 0.25) is 10.0 Å².